The lowest BCUT2D eigenvalue weighted by Gasteiger charge is -2.20. The first-order valence-corrected chi connectivity index (χ1v) is 9.70. The number of carbonyl (C=O) groups excluding carboxylic acids is 1. The molecule has 0 aliphatic rings. The van der Waals surface area contributed by atoms with Gasteiger partial charge in [0.15, 0.2) is 0 Å². The zero-order chi connectivity index (χ0) is 19.8. The summed E-state index contributed by atoms with van der Waals surface area (Å²) in [5.41, 5.74) is 10.6. The quantitative estimate of drug-likeness (QED) is 0.536. The number of rotatable bonds is 7. The first-order chi connectivity index (χ1) is 13.0. The molecule has 0 aliphatic carbocycles. The van der Waals surface area contributed by atoms with E-state index in [0.717, 1.165) is 32.6 Å². The maximum absolute atomic E-state index is 12.5. The molecule has 3 N–H and O–H groups in total. The number of hydrogen-bond acceptors (Lipinski definition) is 4. The van der Waals surface area contributed by atoms with E-state index in [9.17, 15) is 4.79 Å². The smallest absolute Gasteiger partial charge is 0.412 e. The number of hydrazine groups is 1. The third kappa shape index (κ3) is 5.84. The van der Waals surface area contributed by atoms with Crippen molar-refractivity contribution in [3.05, 3.63) is 75.4 Å². The van der Waals surface area contributed by atoms with Crippen molar-refractivity contribution in [3.63, 3.8) is 0 Å². The minimum atomic E-state index is -0.477. The van der Waals surface area contributed by atoms with Gasteiger partial charge in [0.25, 0.3) is 0 Å². The number of aryl methyl sites for hydroxylation is 1. The van der Waals surface area contributed by atoms with E-state index in [2.05, 4.69) is 32.1 Å². The van der Waals surface area contributed by atoms with Crippen molar-refractivity contribution in [1.82, 2.24) is 16.2 Å². The Morgan fingerprint density at radius 2 is 1.81 bits per heavy atom. The monoisotopic (exact) mass is 431 g/mol. The van der Waals surface area contributed by atoms with Gasteiger partial charge in [0.2, 0.25) is 0 Å². The average Bonchev–Trinajstić information content (AvgIpc) is 2.65. The number of ether oxygens (including phenoxy) is 1. The van der Waals surface area contributed by atoms with E-state index in [1.54, 1.807) is 7.05 Å². The standard InChI is InChI=1S/C21H26BrN3O2/c1-5-19(20(25-23-4)16-10-12-17(22)13-11-16)24-21(26)27-15(3)18-9-7-6-8-14(18)2/h6-13,15,23,25H,5H2,1-4H3,(H,24,26)/b20-19+. The largest absolute Gasteiger partial charge is 0.441 e. The molecular formula is C21H26BrN3O2. The molecule has 0 heterocycles. The fraction of sp³-hybridized carbons (Fsp3) is 0.286. The molecule has 2 aromatic rings. The van der Waals surface area contributed by atoms with Crippen LogP contribution in [0.2, 0.25) is 0 Å². The van der Waals surface area contributed by atoms with Gasteiger partial charge in [-0.15, -0.1) is 0 Å². The van der Waals surface area contributed by atoms with Crippen LogP contribution in [-0.2, 0) is 4.74 Å². The topological polar surface area (TPSA) is 62.4 Å². The van der Waals surface area contributed by atoms with E-state index in [1.165, 1.54) is 0 Å². The van der Waals surface area contributed by atoms with Crippen molar-refractivity contribution >= 4 is 27.7 Å². The molecule has 0 bridgehead atoms. The summed E-state index contributed by atoms with van der Waals surface area (Å²) in [5, 5.41) is 2.89. The summed E-state index contributed by atoms with van der Waals surface area (Å²) in [6, 6.07) is 15.8. The van der Waals surface area contributed by atoms with Crippen LogP contribution in [-0.4, -0.2) is 13.1 Å². The second-order valence-corrected chi connectivity index (χ2v) is 7.03. The van der Waals surface area contributed by atoms with Crippen molar-refractivity contribution in [2.75, 3.05) is 7.05 Å². The van der Waals surface area contributed by atoms with Crippen LogP contribution in [0.3, 0.4) is 0 Å². The molecule has 27 heavy (non-hydrogen) atoms. The van der Waals surface area contributed by atoms with Crippen LogP contribution in [0, 0.1) is 6.92 Å². The molecule has 2 aromatic carbocycles. The Labute approximate surface area is 169 Å². The molecule has 6 heteroatoms. The molecule has 0 radical (unpaired) electrons. The average molecular weight is 432 g/mol. The number of carbonyl (C=O) groups is 1. The lowest BCUT2D eigenvalue weighted by molar-refractivity contribution is 0.109. The van der Waals surface area contributed by atoms with Crippen molar-refractivity contribution in [3.8, 4) is 0 Å². The van der Waals surface area contributed by atoms with Crippen LogP contribution in [0.1, 0.15) is 43.1 Å². The van der Waals surface area contributed by atoms with Crippen molar-refractivity contribution in [2.45, 2.75) is 33.3 Å². The molecule has 5 nitrogen and oxygen atoms in total. The molecule has 0 saturated carbocycles. The fourth-order valence-electron chi connectivity index (χ4n) is 2.81. The summed E-state index contributed by atoms with van der Waals surface area (Å²) < 4.78 is 6.59. The number of hydrogen-bond donors (Lipinski definition) is 3. The van der Waals surface area contributed by atoms with Gasteiger partial charge in [0.05, 0.1) is 5.70 Å². The SMILES string of the molecule is CC/C(NC(=O)OC(C)c1ccccc1C)=C(\NNC)c1ccc(Br)cc1. The summed E-state index contributed by atoms with van der Waals surface area (Å²) in [7, 11) is 1.78. The summed E-state index contributed by atoms with van der Waals surface area (Å²) in [6.07, 6.45) is -0.179. The van der Waals surface area contributed by atoms with Crippen LogP contribution >= 0.6 is 15.9 Å². The fourth-order valence-corrected chi connectivity index (χ4v) is 3.08. The number of amides is 1. The van der Waals surface area contributed by atoms with Crippen molar-refractivity contribution < 1.29 is 9.53 Å². The predicted octanol–water partition coefficient (Wildman–Crippen LogP) is 5.05. The first kappa shape index (κ1) is 21.0. The number of benzene rings is 2. The minimum Gasteiger partial charge on any atom is -0.441 e. The number of allylic oxidation sites excluding steroid dienone is 1. The Morgan fingerprint density at radius 3 is 2.41 bits per heavy atom. The van der Waals surface area contributed by atoms with Gasteiger partial charge < -0.3 is 10.2 Å². The predicted molar refractivity (Wildman–Crippen MR) is 113 cm³/mol. The molecule has 144 valence electrons. The third-order valence-corrected chi connectivity index (χ3v) is 4.73. The van der Waals surface area contributed by atoms with Crippen LogP contribution in [0.4, 0.5) is 4.79 Å². The van der Waals surface area contributed by atoms with E-state index in [-0.39, 0.29) is 6.10 Å². The first-order valence-electron chi connectivity index (χ1n) is 8.91. The molecule has 1 atom stereocenters. The van der Waals surface area contributed by atoms with Gasteiger partial charge in [0.1, 0.15) is 6.10 Å². The van der Waals surface area contributed by atoms with Gasteiger partial charge in [-0.1, -0.05) is 59.3 Å². The lowest BCUT2D eigenvalue weighted by atomic mass is 10.1. The maximum Gasteiger partial charge on any atom is 0.412 e. The molecule has 0 saturated heterocycles. The van der Waals surface area contributed by atoms with Crippen LogP contribution in [0.5, 0.6) is 0 Å². The van der Waals surface area contributed by atoms with Gasteiger partial charge in [-0.05, 0) is 43.5 Å². The Balaban J connectivity index is 2.19. The van der Waals surface area contributed by atoms with Gasteiger partial charge >= 0.3 is 6.09 Å². The zero-order valence-corrected chi connectivity index (χ0v) is 17.7. The van der Waals surface area contributed by atoms with Gasteiger partial charge in [-0.2, -0.15) is 0 Å². The van der Waals surface area contributed by atoms with Crippen LogP contribution in [0.15, 0.2) is 58.7 Å². The molecule has 0 aromatic heterocycles. The highest BCUT2D eigenvalue weighted by atomic mass is 79.9. The molecular weight excluding hydrogens is 406 g/mol. The van der Waals surface area contributed by atoms with Crippen molar-refractivity contribution in [2.24, 2.45) is 0 Å². The number of nitrogens with one attached hydrogen (secondary N) is 3. The van der Waals surface area contributed by atoms with Crippen LogP contribution in [0.25, 0.3) is 5.70 Å². The molecule has 0 fully saturated rings. The number of alkyl carbamates (subject to hydrolysis) is 1. The Kier molecular flexibility index (Phi) is 7.88. The molecule has 1 amide bonds. The second kappa shape index (κ2) is 10.1. The summed E-state index contributed by atoms with van der Waals surface area (Å²) in [6.45, 7) is 5.86. The van der Waals surface area contributed by atoms with Gasteiger partial charge in [-0.3, -0.25) is 5.32 Å². The highest BCUT2D eigenvalue weighted by Crippen LogP contribution is 2.22. The number of halogens is 1. The maximum atomic E-state index is 12.5. The third-order valence-electron chi connectivity index (χ3n) is 4.20. The van der Waals surface area contributed by atoms with E-state index < -0.39 is 6.09 Å². The Morgan fingerprint density at radius 1 is 1.15 bits per heavy atom. The zero-order valence-electron chi connectivity index (χ0n) is 16.1. The molecule has 2 rings (SSSR count). The summed E-state index contributed by atoms with van der Waals surface area (Å²) >= 11 is 3.44. The Bertz CT molecular complexity index is 803. The molecule has 0 spiro atoms. The highest BCUT2D eigenvalue weighted by molar-refractivity contribution is 9.10. The normalized spacial score (nSPS) is 12.8. The van der Waals surface area contributed by atoms with Gasteiger partial charge in [0, 0.05) is 22.8 Å². The van der Waals surface area contributed by atoms with E-state index >= 15 is 0 Å². The molecule has 0 aliphatic heterocycles. The van der Waals surface area contributed by atoms with Gasteiger partial charge in [-0.25, -0.2) is 10.2 Å². The van der Waals surface area contributed by atoms with Crippen molar-refractivity contribution in [1.29, 1.82) is 0 Å². The van der Waals surface area contributed by atoms with E-state index in [4.69, 9.17) is 4.74 Å². The van der Waals surface area contributed by atoms with E-state index in [0.29, 0.717) is 6.42 Å². The lowest BCUT2D eigenvalue weighted by Crippen LogP contribution is -2.32. The Hall–Kier alpha value is -2.31. The summed E-state index contributed by atoms with van der Waals surface area (Å²) in [4.78, 5) is 12.5. The molecule has 1 unspecified atom stereocenters. The van der Waals surface area contributed by atoms with E-state index in [1.807, 2.05) is 69.3 Å². The van der Waals surface area contributed by atoms with Crippen LogP contribution < -0.4 is 16.2 Å². The summed E-state index contributed by atoms with van der Waals surface area (Å²) in [5.74, 6) is 0. The minimum absolute atomic E-state index is 0.335. The second-order valence-electron chi connectivity index (χ2n) is 6.12. The highest BCUT2D eigenvalue weighted by Gasteiger charge is 2.16.